The lowest BCUT2D eigenvalue weighted by molar-refractivity contribution is -0.137. The maximum atomic E-state index is 12.9. The number of rotatable bonds is 1. The molecule has 2 aromatic rings. The molecule has 0 aromatic carbocycles. The molecule has 0 saturated heterocycles. The van der Waals surface area contributed by atoms with E-state index in [4.69, 9.17) is 0 Å². The van der Waals surface area contributed by atoms with E-state index in [2.05, 4.69) is 29.8 Å². The number of alkyl halides is 3. The normalized spacial score (nSPS) is 16.0. The van der Waals surface area contributed by atoms with Gasteiger partial charge in [-0.25, -0.2) is 4.98 Å². The van der Waals surface area contributed by atoms with Crippen molar-refractivity contribution >= 4 is 11.0 Å². The summed E-state index contributed by atoms with van der Waals surface area (Å²) in [4.78, 5) is 6.17. The standard InChI is InChI=1S/C15H15F3N4/c1-9(2)21-3-4-22-13(8-21)12(6-19)11-5-10(15(16,17)18)7-20-14(11)22/h5,7,9H,3-4,8H2,1-2H3. The summed E-state index contributed by atoms with van der Waals surface area (Å²) < 4.78 is 40.5. The van der Waals surface area contributed by atoms with E-state index < -0.39 is 11.7 Å². The van der Waals surface area contributed by atoms with Gasteiger partial charge in [-0.3, -0.25) is 4.90 Å². The van der Waals surface area contributed by atoms with E-state index in [9.17, 15) is 18.4 Å². The quantitative estimate of drug-likeness (QED) is 0.813. The van der Waals surface area contributed by atoms with E-state index in [1.165, 1.54) is 0 Å². The molecule has 0 bridgehead atoms. The van der Waals surface area contributed by atoms with Crippen LogP contribution in [0.25, 0.3) is 11.0 Å². The highest BCUT2D eigenvalue weighted by Gasteiger charge is 2.33. The molecule has 0 spiro atoms. The summed E-state index contributed by atoms with van der Waals surface area (Å²) in [5.74, 6) is 0. The van der Waals surface area contributed by atoms with Crippen LogP contribution in [-0.2, 0) is 19.3 Å². The van der Waals surface area contributed by atoms with Crippen LogP contribution < -0.4 is 0 Å². The summed E-state index contributed by atoms with van der Waals surface area (Å²) in [6.07, 6.45) is -3.62. The summed E-state index contributed by atoms with van der Waals surface area (Å²) >= 11 is 0. The molecule has 0 N–H and O–H groups in total. The van der Waals surface area contributed by atoms with Crippen molar-refractivity contribution in [2.24, 2.45) is 0 Å². The fraction of sp³-hybridized carbons (Fsp3) is 0.467. The molecule has 2 aromatic heterocycles. The van der Waals surface area contributed by atoms with Gasteiger partial charge in [-0.15, -0.1) is 0 Å². The van der Waals surface area contributed by atoms with Gasteiger partial charge in [0, 0.05) is 37.3 Å². The highest BCUT2D eigenvalue weighted by atomic mass is 19.4. The van der Waals surface area contributed by atoms with Crippen LogP contribution in [-0.4, -0.2) is 27.0 Å². The lowest BCUT2D eigenvalue weighted by Crippen LogP contribution is -2.38. The molecular formula is C15H15F3N4. The third-order valence-corrected chi connectivity index (χ3v) is 4.14. The van der Waals surface area contributed by atoms with Crippen molar-refractivity contribution in [1.82, 2.24) is 14.5 Å². The van der Waals surface area contributed by atoms with Crippen LogP contribution in [0.1, 0.15) is 30.7 Å². The first-order chi connectivity index (χ1) is 10.3. The number of hydrogen-bond donors (Lipinski definition) is 0. The lowest BCUT2D eigenvalue weighted by Gasteiger charge is -2.31. The summed E-state index contributed by atoms with van der Waals surface area (Å²) in [7, 11) is 0. The molecular weight excluding hydrogens is 293 g/mol. The van der Waals surface area contributed by atoms with Crippen molar-refractivity contribution in [1.29, 1.82) is 5.26 Å². The Morgan fingerprint density at radius 2 is 2.05 bits per heavy atom. The molecule has 0 amide bonds. The monoisotopic (exact) mass is 308 g/mol. The molecule has 3 rings (SSSR count). The Kier molecular flexibility index (Phi) is 3.37. The zero-order chi connectivity index (χ0) is 16.1. The van der Waals surface area contributed by atoms with Crippen molar-refractivity contribution in [3.63, 3.8) is 0 Å². The van der Waals surface area contributed by atoms with Gasteiger partial charge < -0.3 is 4.57 Å². The number of pyridine rings is 1. The minimum atomic E-state index is -4.46. The second-order valence-corrected chi connectivity index (χ2v) is 5.74. The van der Waals surface area contributed by atoms with Gasteiger partial charge >= 0.3 is 6.18 Å². The first-order valence-electron chi connectivity index (χ1n) is 7.05. The van der Waals surface area contributed by atoms with Crippen LogP contribution in [0.2, 0.25) is 0 Å². The third kappa shape index (κ3) is 2.24. The second kappa shape index (κ2) is 4.99. The molecule has 0 unspecified atom stereocenters. The van der Waals surface area contributed by atoms with Gasteiger partial charge in [0.15, 0.2) is 0 Å². The predicted molar refractivity (Wildman–Crippen MR) is 75.0 cm³/mol. The van der Waals surface area contributed by atoms with Crippen LogP contribution in [0.5, 0.6) is 0 Å². The van der Waals surface area contributed by atoms with Gasteiger partial charge in [0.1, 0.15) is 11.7 Å². The predicted octanol–water partition coefficient (Wildman–Crippen LogP) is 3.15. The third-order valence-electron chi connectivity index (χ3n) is 4.14. The van der Waals surface area contributed by atoms with Gasteiger partial charge in [0.25, 0.3) is 0 Å². The van der Waals surface area contributed by atoms with Crippen LogP contribution in [0.3, 0.4) is 0 Å². The minimum Gasteiger partial charge on any atom is -0.326 e. The highest BCUT2D eigenvalue weighted by Crippen LogP contribution is 2.34. The van der Waals surface area contributed by atoms with Crippen molar-refractivity contribution < 1.29 is 13.2 Å². The van der Waals surface area contributed by atoms with E-state index in [0.717, 1.165) is 24.5 Å². The molecule has 0 saturated carbocycles. The number of nitriles is 1. The summed E-state index contributed by atoms with van der Waals surface area (Å²) in [5.41, 5.74) is 0.700. The SMILES string of the molecule is CC(C)N1CCn2c(c(C#N)c3cc(C(F)(F)F)cnc32)C1. The minimum absolute atomic E-state index is 0.290. The number of halogens is 3. The molecule has 0 radical (unpaired) electrons. The van der Waals surface area contributed by atoms with E-state index in [1.807, 2.05) is 4.57 Å². The van der Waals surface area contributed by atoms with Crippen molar-refractivity contribution in [2.45, 2.75) is 39.2 Å². The van der Waals surface area contributed by atoms with Gasteiger partial charge in [0.2, 0.25) is 0 Å². The number of fused-ring (bicyclic) bond motifs is 3. The lowest BCUT2D eigenvalue weighted by atomic mass is 10.1. The molecule has 4 nitrogen and oxygen atoms in total. The topological polar surface area (TPSA) is 44.9 Å². The molecule has 0 atom stereocenters. The Hall–Kier alpha value is -2.07. The fourth-order valence-electron chi connectivity index (χ4n) is 2.90. The number of nitrogens with zero attached hydrogens (tertiary/aromatic N) is 4. The van der Waals surface area contributed by atoms with Gasteiger partial charge in [-0.1, -0.05) is 0 Å². The smallest absolute Gasteiger partial charge is 0.326 e. The largest absolute Gasteiger partial charge is 0.417 e. The van der Waals surface area contributed by atoms with Crippen LogP contribution in [0.15, 0.2) is 12.3 Å². The van der Waals surface area contributed by atoms with Crippen LogP contribution in [0.4, 0.5) is 13.2 Å². The van der Waals surface area contributed by atoms with Gasteiger partial charge in [-0.05, 0) is 19.9 Å². The van der Waals surface area contributed by atoms with Crippen molar-refractivity contribution in [2.75, 3.05) is 6.54 Å². The molecule has 7 heteroatoms. The molecule has 0 aliphatic carbocycles. The Morgan fingerprint density at radius 3 is 2.64 bits per heavy atom. The molecule has 1 aliphatic heterocycles. The van der Waals surface area contributed by atoms with Gasteiger partial charge in [-0.2, -0.15) is 18.4 Å². The molecule has 1 aliphatic rings. The van der Waals surface area contributed by atoms with E-state index >= 15 is 0 Å². The molecule has 0 fully saturated rings. The van der Waals surface area contributed by atoms with Gasteiger partial charge in [0.05, 0.1) is 16.8 Å². The Bertz CT molecular complexity index is 768. The molecule has 3 heterocycles. The van der Waals surface area contributed by atoms with E-state index in [0.29, 0.717) is 30.3 Å². The average molecular weight is 308 g/mol. The molecule has 116 valence electrons. The Balaban J connectivity index is 2.20. The van der Waals surface area contributed by atoms with E-state index in [-0.39, 0.29) is 5.39 Å². The second-order valence-electron chi connectivity index (χ2n) is 5.74. The average Bonchev–Trinajstić information content (AvgIpc) is 2.78. The van der Waals surface area contributed by atoms with Crippen LogP contribution >= 0.6 is 0 Å². The summed E-state index contributed by atoms with van der Waals surface area (Å²) in [6, 6.07) is 3.41. The van der Waals surface area contributed by atoms with Crippen LogP contribution in [0, 0.1) is 11.3 Å². The molecule has 22 heavy (non-hydrogen) atoms. The first kappa shape index (κ1) is 14.9. The van der Waals surface area contributed by atoms with E-state index in [1.54, 1.807) is 0 Å². The Labute approximate surface area is 125 Å². The van der Waals surface area contributed by atoms with Crippen molar-refractivity contribution in [3.05, 3.63) is 29.1 Å². The highest BCUT2D eigenvalue weighted by molar-refractivity contribution is 5.86. The maximum Gasteiger partial charge on any atom is 0.417 e. The number of aromatic nitrogens is 2. The fourth-order valence-corrected chi connectivity index (χ4v) is 2.90. The number of hydrogen-bond acceptors (Lipinski definition) is 3. The zero-order valence-electron chi connectivity index (χ0n) is 12.3. The summed E-state index contributed by atoms with van der Waals surface area (Å²) in [6.45, 7) is 6.10. The Morgan fingerprint density at radius 1 is 1.32 bits per heavy atom. The zero-order valence-corrected chi connectivity index (χ0v) is 12.3. The first-order valence-corrected chi connectivity index (χ1v) is 7.05. The summed E-state index contributed by atoms with van der Waals surface area (Å²) in [5, 5.41) is 9.70. The maximum absolute atomic E-state index is 12.9. The van der Waals surface area contributed by atoms with Crippen molar-refractivity contribution in [3.8, 4) is 6.07 Å².